The number of nitro groups is 1. The summed E-state index contributed by atoms with van der Waals surface area (Å²) in [5, 5.41) is 17.8. The number of carbonyl (C=O) groups is 1. The largest absolute Gasteiger partial charge is 0.308 e. The van der Waals surface area contributed by atoms with Crippen molar-refractivity contribution < 1.29 is 18.5 Å². The van der Waals surface area contributed by atoms with Gasteiger partial charge in [-0.05, 0) is 17.7 Å². The fourth-order valence-electron chi connectivity index (χ4n) is 1.11. The van der Waals surface area contributed by atoms with Crippen LogP contribution in [0, 0.1) is 21.4 Å². The minimum atomic E-state index is -3.29. The number of aromatic nitrogens is 1. The Morgan fingerprint density at radius 3 is 2.59 bits per heavy atom. The van der Waals surface area contributed by atoms with Gasteiger partial charge in [0.05, 0.1) is 4.92 Å². The van der Waals surface area contributed by atoms with Crippen LogP contribution in [0.5, 0.6) is 0 Å². The first kappa shape index (κ1) is 12.9. The third kappa shape index (κ3) is 2.51. The lowest BCUT2D eigenvalue weighted by atomic mass is 10.1. The monoisotopic (exact) mass is 261 g/mol. The molecule has 6 nitrogen and oxygen atoms in total. The number of pyridine rings is 1. The van der Waals surface area contributed by atoms with E-state index in [4.69, 9.17) is 16.9 Å². The zero-order valence-corrected chi connectivity index (χ0v) is 8.61. The van der Waals surface area contributed by atoms with Gasteiger partial charge in [-0.3, -0.25) is 14.9 Å². The Morgan fingerprint density at radius 1 is 1.65 bits per heavy atom. The van der Waals surface area contributed by atoms with Crippen LogP contribution >= 0.6 is 11.6 Å². The van der Waals surface area contributed by atoms with E-state index in [1.54, 1.807) is 0 Å². The van der Waals surface area contributed by atoms with Crippen LogP contribution < -0.4 is 0 Å². The summed E-state index contributed by atoms with van der Waals surface area (Å²) >= 11 is 5.03. The Balaban J connectivity index is 3.69. The normalized spacial score (nSPS) is 10.1. The number of nitriles is 1. The van der Waals surface area contributed by atoms with Gasteiger partial charge < -0.3 is 0 Å². The molecule has 0 radical (unpaired) electrons. The Hall–Kier alpha value is -2.14. The Kier molecular flexibility index (Phi) is 3.65. The summed E-state index contributed by atoms with van der Waals surface area (Å²) in [6.07, 6.45) is -3.29. The molecule has 9 heteroatoms. The Morgan fingerprint density at radius 2 is 2.24 bits per heavy atom. The molecule has 0 spiro atoms. The fourth-order valence-corrected chi connectivity index (χ4v) is 1.25. The van der Waals surface area contributed by atoms with Crippen molar-refractivity contribution in [2.75, 3.05) is 0 Å². The van der Waals surface area contributed by atoms with Crippen molar-refractivity contribution in [2.24, 2.45) is 0 Å². The van der Waals surface area contributed by atoms with Gasteiger partial charge in [-0.1, -0.05) is 0 Å². The van der Waals surface area contributed by atoms with Gasteiger partial charge in [0.1, 0.15) is 17.3 Å². The number of rotatable bonds is 3. The Bertz CT molecular complexity index is 542. The van der Waals surface area contributed by atoms with E-state index < -0.39 is 39.2 Å². The lowest BCUT2D eigenvalue weighted by Crippen LogP contribution is -2.07. The van der Waals surface area contributed by atoms with Gasteiger partial charge in [0.25, 0.3) is 11.7 Å². The summed E-state index contributed by atoms with van der Waals surface area (Å²) in [5.74, 6) is 0. The van der Waals surface area contributed by atoms with Crippen LogP contribution in [0.2, 0.25) is 0 Å². The van der Waals surface area contributed by atoms with E-state index in [0.29, 0.717) is 6.07 Å². The van der Waals surface area contributed by atoms with Crippen molar-refractivity contribution in [1.29, 1.82) is 5.26 Å². The zero-order valence-electron chi connectivity index (χ0n) is 7.85. The summed E-state index contributed by atoms with van der Waals surface area (Å²) in [4.78, 5) is 23.4. The summed E-state index contributed by atoms with van der Waals surface area (Å²) in [7, 11) is 0. The number of halogens is 3. The molecular formula is C8H2ClF2N3O3. The van der Waals surface area contributed by atoms with Gasteiger partial charge in [-0.25, -0.2) is 13.8 Å². The smallest absolute Gasteiger partial charge is 0.275 e. The van der Waals surface area contributed by atoms with E-state index >= 15 is 0 Å². The van der Waals surface area contributed by atoms with E-state index in [1.807, 2.05) is 0 Å². The average molecular weight is 262 g/mol. The van der Waals surface area contributed by atoms with Crippen molar-refractivity contribution in [3.63, 3.8) is 0 Å². The van der Waals surface area contributed by atoms with E-state index in [-0.39, 0.29) is 0 Å². The van der Waals surface area contributed by atoms with Crippen LogP contribution in [-0.2, 0) is 0 Å². The first-order chi connectivity index (χ1) is 7.88. The standard InChI is InChI=1S/C8H2ClF2N3O3/c9-7(15)4-1-3(2-12)13-5(8(10)11)6(4)14(16)17/h1,8H. The molecule has 0 saturated carbocycles. The van der Waals surface area contributed by atoms with Crippen LogP contribution in [0.1, 0.15) is 28.2 Å². The lowest BCUT2D eigenvalue weighted by Gasteiger charge is -2.04. The molecule has 0 aliphatic carbocycles. The highest BCUT2D eigenvalue weighted by molar-refractivity contribution is 6.68. The first-order valence-electron chi connectivity index (χ1n) is 3.96. The second-order valence-corrected chi connectivity index (χ2v) is 3.08. The fraction of sp³-hybridized carbons (Fsp3) is 0.125. The van der Waals surface area contributed by atoms with Gasteiger partial charge in [0.2, 0.25) is 0 Å². The number of alkyl halides is 2. The number of hydrogen-bond donors (Lipinski definition) is 0. The molecule has 0 aromatic carbocycles. The molecule has 0 unspecified atom stereocenters. The maximum absolute atomic E-state index is 12.5. The molecule has 1 heterocycles. The summed E-state index contributed by atoms with van der Waals surface area (Å²) in [5.41, 5.74) is -3.76. The number of hydrogen-bond acceptors (Lipinski definition) is 5. The van der Waals surface area contributed by atoms with Crippen LogP contribution in [0.25, 0.3) is 0 Å². The van der Waals surface area contributed by atoms with Gasteiger partial charge >= 0.3 is 5.69 Å². The molecule has 88 valence electrons. The molecular weight excluding hydrogens is 260 g/mol. The topological polar surface area (TPSA) is 96.9 Å². The highest BCUT2D eigenvalue weighted by Crippen LogP contribution is 2.31. The minimum absolute atomic E-state index is 0.546. The third-order valence-electron chi connectivity index (χ3n) is 1.74. The molecule has 0 aliphatic rings. The van der Waals surface area contributed by atoms with E-state index in [9.17, 15) is 23.7 Å². The molecule has 0 atom stereocenters. The predicted octanol–water partition coefficient (Wildman–Crippen LogP) is 2.18. The second kappa shape index (κ2) is 4.80. The molecule has 0 amide bonds. The van der Waals surface area contributed by atoms with Crippen LogP contribution in [0.3, 0.4) is 0 Å². The van der Waals surface area contributed by atoms with Gasteiger partial charge in [-0.15, -0.1) is 0 Å². The van der Waals surface area contributed by atoms with E-state index in [1.165, 1.54) is 6.07 Å². The van der Waals surface area contributed by atoms with Crippen molar-refractivity contribution in [1.82, 2.24) is 4.98 Å². The maximum Gasteiger partial charge on any atom is 0.308 e. The minimum Gasteiger partial charge on any atom is -0.275 e. The quantitative estimate of drug-likeness (QED) is 0.472. The molecule has 1 aromatic heterocycles. The molecule has 0 N–H and O–H groups in total. The molecule has 0 saturated heterocycles. The number of nitrogens with zero attached hydrogens (tertiary/aromatic N) is 3. The molecule has 0 bridgehead atoms. The lowest BCUT2D eigenvalue weighted by molar-refractivity contribution is -0.386. The maximum atomic E-state index is 12.5. The molecule has 1 aromatic rings. The summed E-state index contributed by atoms with van der Waals surface area (Å²) in [6.45, 7) is 0. The van der Waals surface area contributed by atoms with Crippen LogP contribution in [0.15, 0.2) is 6.07 Å². The van der Waals surface area contributed by atoms with Crippen molar-refractivity contribution in [3.05, 3.63) is 33.1 Å². The first-order valence-corrected chi connectivity index (χ1v) is 4.33. The molecule has 17 heavy (non-hydrogen) atoms. The number of carbonyl (C=O) groups excluding carboxylic acids is 1. The summed E-state index contributed by atoms with van der Waals surface area (Å²) in [6, 6.07) is 2.10. The van der Waals surface area contributed by atoms with Gasteiger partial charge in [0, 0.05) is 0 Å². The van der Waals surface area contributed by atoms with E-state index in [2.05, 4.69) is 4.98 Å². The van der Waals surface area contributed by atoms with Crippen molar-refractivity contribution in [3.8, 4) is 6.07 Å². The Labute approximate surface area is 97.6 Å². The summed E-state index contributed by atoms with van der Waals surface area (Å²) < 4.78 is 25.0. The molecule has 0 fully saturated rings. The third-order valence-corrected chi connectivity index (χ3v) is 1.94. The molecule has 0 aliphatic heterocycles. The second-order valence-electron chi connectivity index (χ2n) is 2.73. The van der Waals surface area contributed by atoms with Crippen LogP contribution in [0.4, 0.5) is 14.5 Å². The average Bonchev–Trinajstić information content (AvgIpc) is 2.26. The highest BCUT2D eigenvalue weighted by atomic mass is 35.5. The van der Waals surface area contributed by atoms with Gasteiger partial charge in [0.15, 0.2) is 5.69 Å². The van der Waals surface area contributed by atoms with Crippen molar-refractivity contribution >= 4 is 22.5 Å². The van der Waals surface area contributed by atoms with Gasteiger partial charge in [-0.2, -0.15) is 5.26 Å². The zero-order chi connectivity index (χ0) is 13.2. The molecule has 1 rings (SSSR count). The highest BCUT2D eigenvalue weighted by Gasteiger charge is 2.31. The predicted molar refractivity (Wildman–Crippen MR) is 50.7 cm³/mol. The van der Waals surface area contributed by atoms with Crippen molar-refractivity contribution in [2.45, 2.75) is 6.43 Å². The van der Waals surface area contributed by atoms with Crippen LogP contribution in [-0.4, -0.2) is 15.1 Å². The van der Waals surface area contributed by atoms with E-state index in [0.717, 1.165) is 0 Å². The SMILES string of the molecule is N#Cc1cc(C(=O)Cl)c([N+](=O)[O-])c(C(F)F)n1.